The van der Waals surface area contributed by atoms with Gasteiger partial charge in [0.2, 0.25) is 0 Å². The molecule has 31 heavy (non-hydrogen) atoms. The van der Waals surface area contributed by atoms with E-state index in [1.807, 2.05) is 35.3 Å². The van der Waals surface area contributed by atoms with E-state index in [-0.39, 0.29) is 0 Å². The third-order valence-corrected chi connectivity index (χ3v) is 5.10. The van der Waals surface area contributed by atoms with E-state index < -0.39 is 0 Å². The van der Waals surface area contributed by atoms with E-state index in [4.69, 9.17) is 14.6 Å². The number of methoxy groups -OCH3 is 1. The first-order chi connectivity index (χ1) is 15.3. The molecule has 0 saturated carbocycles. The molecule has 0 amide bonds. The number of aromatic nitrogens is 4. The van der Waals surface area contributed by atoms with E-state index in [1.54, 1.807) is 13.3 Å². The summed E-state index contributed by atoms with van der Waals surface area (Å²) >= 11 is 0. The number of aryl methyl sites for hydroxylation is 1. The Morgan fingerprint density at radius 1 is 1.10 bits per heavy atom. The number of allylic oxidation sites excluding steroid dienone is 2. The molecular weight excluding hydrogens is 390 g/mol. The van der Waals surface area contributed by atoms with Gasteiger partial charge in [0.05, 0.1) is 37.7 Å². The standard InChI is InChI=1S/C24H27N5O2/c1-19-17-25-11-9-20(19)22-8-4-6-12-29(22)23-18-28(13-14-31-16-15-30-2)27-24(23)21-7-3-5-10-26-21/h3-11,17-18H,12-16H2,1-2H3. The van der Waals surface area contributed by atoms with Crippen LogP contribution in [0.15, 0.2) is 67.3 Å². The monoisotopic (exact) mass is 417 g/mol. The molecule has 0 N–H and O–H groups in total. The number of nitrogens with zero attached hydrogens (tertiary/aromatic N) is 5. The van der Waals surface area contributed by atoms with Gasteiger partial charge in [0, 0.05) is 49.7 Å². The van der Waals surface area contributed by atoms with Gasteiger partial charge in [-0.25, -0.2) is 0 Å². The molecule has 0 fully saturated rings. The first-order valence-corrected chi connectivity index (χ1v) is 10.4. The third kappa shape index (κ3) is 4.90. The Balaban J connectivity index is 1.68. The van der Waals surface area contributed by atoms with Crippen LogP contribution < -0.4 is 4.90 Å². The van der Waals surface area contributed by atoms with Crippen LogP contribution in [-0.2, 0) is 16.0 Å². The van der Waals surface area contributed by atoms with Gasteiger partial charge in [0.1, 0.15) is 5.69 Å². The highest BCUT2D eigenvalue weighted by Crippen LogP contribution is 2.35. The van der Waals surface area contributed by atoms with Crippen molar-refractivity contribution in [1.82, 2.24) is 19.7 Å². The summed E-state index contributed by atoms with van der Waals surface area (Å²) in [6, 6.07) is 7.95. The molecule has 0 atom stereocenters. The Hall–Kier alpha value is -3.29. The lowest BCUT2D eigenvalue weighted by Gasteiger charge is -2.29. The predicted molar refractivity (Wildman–Crippen MR) is 122 cm³/mol. The Kier molecular flexibility index (Phi) is 6.86. The second kappa shape index (κ2) is 10.1. The SMILES string of the molecule is COCCOCCn1cc(N2CC=CC=C2c2ccncc2C)c(-c2ccccn2)n1. The quantitative estimate of drug-likeness (QED) is 0.495. The zero-order chi connectivity index (χ0) is 21.5. The predicted octanol–water partition coefficient (Wildman–Crippen LogP) is 3.73. The van der Waals surface area contributed by atoms with Gasteiger partial charge in [-0.15, -0.1) is 0 Å². The van der Waals surface area contributed by atoms with E-state index in [1.165, 1.54) is 0 Å². The summed E-state index contributed by atoms with van der Waals surface area (Å²) in [6.45, 7) is 5.22. The van der Waals surface area contributed by atoms with Gasteiger partial charge in [-0.3, -0.25) is 14.6 Å². The largest absolute Gasteiger partial charge is 0.382 e. The average Bonchev–Trinajstić information content (AvgIpc) is 3.24. The van der Waals surface area contributed by atoms with E-state index in [9.17, 15) is 0 Å². The van der Waals surface area contributed by atoms with Crippen LogP contribution >= 0.6 is 0 Å². The Bertz CT molecular complexity index is 1060. The van der Waals surface area contributed by atoms with Gasteiger partial charge in [-0.2, -0.15) is 5.10 Å². The summed E-state index contributed by atoms with van der Waals surface area (Å²) in [7, 11) is 1.67. The van der Waals surface area contributed by atoms with Crippen LogP contribution in [0.4, 0.5) is 5.69 Å². The summed E-state index contributed by atoms with van der Waals surface area (Å²) in [6.07, 6.45) is 14.0. The van der Waals surface area contributed by atoms with Gasteiger partial charge in [0.25, 0.3) is 0 Å². The Morgan fingerprint density at radius 3 is 2.84 bits per heavy atom. The van der Waals surface area contributed by atoms with Crippen molar-refractivity contribution < 1.29 is 9.47 Å². The summed E-state index contributed by atoms with van der Waals surface area (Å²) < 4.78 is 12.6. The Labute approximate surface area is 182 Å². The van der Waals surface area contributed by atoms with Crippen molar-refractivity contribution in [1.29, 1.82) is 0 Å². The lowest BCUT2D eigenvalue weighted by Crippen LogP contribution is -2.24. The van der Waals surface area contributed by atoms with Crippen LogP contribution in [-0.4, -0.2) is 53.2 Å². The molecule has 4 rings (SSSR count). The summed E-state index contributed by atoms with van der Waals surface area (Å²) in [5.74, 6) is 0. The third-order valence-electron chi connectivity index (χ3n) is 5.10. The number of hydrogen-bond acceptors (Lipinski definition) is 6. The van der Waals surface area contributed by atoms with Crippen molar-refractivity contribution in [2.45, 2.75) is 13.5 Å². The lowest BCUT2D eigenvalue weighted by molar-refractivity contribution is 0.0654. The van der Waals surface area contributed by atoms with Crippen LogP contribution in [0.25, 0.3) is 17.1 Å². The zero-order valence-corrected chi connectivity index (χ0v) is 17.9. The summed E-state index contributed by atoms with van der Waals surface area (Å²) in [5, 5.41) is 4.86. The highest BCUT2D eigenvalue weighted by atomic mass is 16.5. The normalized spacial score (nSPS) is 13.5. The highest BCUT2D eigenvalue weighted by molar-refractivity contribution is 5.87. The van der Waals surface area contributed by atoms with Crippen molar-refractivity contribution in [3.8, 4) is 11.4 Å². The maximum Gasteiger partial charge on any atom is 0.134 e. The molecule has 0 aromatic carbocycles. The average molecular weight is 418 g/mol. The number of anilines is 1. The molecule has 0 radical (unpaired) electrons. The van der Waals surface area contributed by atoms with Gasteiger partial charge in [0.15, 0.2) is 0 Å². The molecule has 1 aliphatic heterocycles. The number of ether oxygens (including phenoxy) is 2. The molecule has 1 aliphatic rings. The first-order valence-electron chi connectivity index (χ1n) is 10.4. The second-order valence-electron chi connectivity index (χ2n) is 7.23. The minimum Gasteiger partial charge on any atom is -0.382 e. The van der Waals surface area contributed by atoms with E-state index >= 15 is 0 Å². The van der Waals surface area contributed by atoms with Gasteiger partial charge in [-0.1, -0.05) is 18.2 Å². The van der Waals surface area contributed by atoms with Gasteiger partial charge >= 0.3 is 0 Å². The minimum absolute atomic E-state index is 0.568. The molecule has 3 aromatic rings. The maximum absolute atomic E-state index is 5.64. The Morgan fingerprint density at radius 2 is 2.03 bits per heavy atom. The smallest absolute Gasteiger partial charge is 0.134 e. The fourth-order valence-electron chi connectivity index (χ4n) is 3.55. The number of pyridine rings is 2. The lowest BCUT2D eigenvalue weighted by atomic mass is 10.0. The van der Waals surface area contributed by atoms with Gasteiger partial charge in [-0.05, 0) is 36.8 Å². The fraction of sp³-hybridized carbons (Fsp3) is 0.292. The molecule has 7 heteroatoms. The van der Waals surface area contributed by atoms with Crippen LogP contribution in [0.5, 0.6) is 0 Å². The molecular formula is C24H27N5O2. The first kappa shape index (κ1) is 21.0. The van der Waals surface area contributed by atoms with Crippen LogP contribution in [0.1, 0.15) is 11.1 Å². The van der Waals surface area contributed by atoms with E-state index in [2.05, 4.69) is 52.3 Å². The minimum atomic E-state index is 0.568. The maximum atomic E-state index is 5.64. The molecule has 7 nitrogen and oxygen atoms in total. The van der Waals surface area contributed by atoms with E-state index in [0.29, 0.717) is 26.4 Å². The van der Waals surface area contributed by atoms with Crippen molar-refractivity contribution in [3.05, 3.63) is 78.4 Å². The molecule has 0 saturated heterocycles. The molecule has 0 bridgehead atoms. The highest BCUT2D eigenvalue weighted by Gasteiger charge is 2.23. The summed E-state index contributed by atoms with van der Waals surface area (Å²) in [5.41, 5.74) is 6.12. The number of hydrogen-bond donors (Lipinski definition) is 0. The topological polar surface area (TPSA) is 65.3 Å². The zero-order valence-electron chi connectivity index (χ0n) is 17.9. The van der Waals surface area contributed by atoms with Crippen LogP contribution in [0, 0.1) is 6.92 Å². The van der Waals surface area contributed by atoms with Crippen LogP contribution in [0.3, 0.4) is 0 Å². The van der Waals surface area contributed by atoms with Crippen molar-refractivity contribution in [2.24, 2.45) is 0 Å². The molecule has 3 aromatic heterocycles. The van der Waals surface area contributed by atoms with Crippen molar-refractivity contribution >= 4 is 11.4 Å². The molecule has 160 valence electrons. The summed E-state index contributed by atoms with van der Waals surface area (Å²) in [4.78, 5) is 11.1. The van der Waals surface area contributed by atoms with Crippen molar-refractivity contribution in [2.75, 3.05) is 38.4 Å². The molecule has 0 aliphatic carbocycles. The second-order valence-corrected chi connectivity index (χ2v) is 7.23. The molecule has 0 spiro atoms. The van der Waals surface area contributed by atoms with E-state index in [0.717, 1.165) is 40.4 Å². The molecule has 0 unspecified atom stereocenters. The van der Waals surface area contributed by atoms with Gasteiger partial charge < -0.3 is 14.4 Å². The molecule has 4 heterocycles. The van der Waals surface area contributed by atoms with Crippen LogP contribution in [0.2, 0.25) is 0 Å². The van der Waals surface area contributed by atoms with Crippen molar-refractivity contribution in [3.63, 3.8) is 0 Å². The fourth-order valence-corrected chi connectivity index (χ4v) is 3.55. The number of rotatable bonds is 9.